The van der Waals surface area contributed by atoms with Crippen molar-refractivity contribution in [1.29, 1.82) is 0 Å². The average molecular weight is 324 g/mol. The normalized spacial score (nSPS) is 12.4. The molecule has 21 heavy (non-hydrogen) atoms. The molecule has 4 heteroatoms. The fraction of sp³-hybridized carbons (Fsp3) is 0.294. The Bertz CT molecular complexity index is 630. The first-order chi connectivity index (χ1) is 10.0. The Kier molecular flexibility index (Phi) is 5.68. The van der Waals surface area contributed by atoms with Crippen LogP contribution in [0.5, 0.6) is 0 Å². The maximum atomic E-state index is 13.9. The Balaban J connectivity index is 2.39. The van der Waals surface area contributed by atoms with Crippen molar-refractivity contribution >= 4 is 23.4 Å². The van der Waals surface area contributed by atoms with Crippen LogP contribution in [0.15, 0.2) is 46.2 Å². The highest BCUT2D eigenvalue weighted by Crippen LogP contribution is 2.35. The van der Waals surface area contributed by atoms with Gasteiger partial charge in [-0.05, 0) is 61.9 Å². The van der Waals surface area contributed by atoms with Crippen LogP contribution in [0, 0.1) is 12.7 Å². The zero-order valence-corrected chi connectivity index (χ0v) is 14.0. The van der Waals surface area contributed by atoms with Crippen molar-refractivity contribution in [2.24, 2.45) is 0 Å². The molecule has 0 saturated heterocycles. The lowest BCUT2D eigenvalue weighted by atomic mass is 10.1. The second-order valence-corrected chi connectivity index (χ2v) is 6.53. The molecule has 2 rings (SSSR count). The molecule has 2 aromatic carbocycles. The van der Waals surface area contributed by atoms with Gasteiger partial charge in [0.1, 0.15) is 5.82 Å². The van der Waals surface area contributed by atoms with Gasteiger partial charge in [-0.25, -0.2) is 4.39 Å². The van der Waals surface area contributed by atoms with Gasteiger partial charge in [-0.1, -0.05) is 36.4 Å². The Morgan fingerprint density at radius 3 is 2.71 bits per heavy atom. The van der Waals surface area contributed by atoms with Gasteiger partial charge in [-0.15, -0.1) is 0 Å². The second kappa shape index (κ2) is 7.30. The zero-order valence-electron chi connectivity index (χ0n) is 12.4. The van der Waals surface area contributed by atoms with E-state index in [1.54, 1.807) is 24.8 Å². The highest BCUT2D eigenvalue weighted by atomic mass is 35.5. The molecule has 0 aromatic heterocycles. The van der Waals surface area contributed by atoms with E-state index in [2.05, 4.69) is 12.2 Å². The molecule has 1 nitrogen and oxygen atoms in total. The fourth-order valence-corrected chi connectivity index (χ4v) is 3.60. The number of hydrogen-bond acceptors (Lipinski definition) is 2. The molecular formula is C17H19ClFNS. The minimum absolute atomic E-state index is 0.104. The standard InChI is InChI=1S/C17H19ClFNS/c1-4-20-12(3)15-10-16(19)11(2)8-17(15)21-14-7-5-6-13(18)9-14/h5-10,12,20H,4H2,1-3H3. The van der Waals surface area contributed by atoms with Crippen molar-refractivity contribution in [1.82, 2.24) is 5.32 Å². The van der Waals surface area contributed by atoms with Crippen LogP contribution in [-0.4, -0.2) is 6.54 Å². The van der Waals surface area contributed by atoms with Crippen molar-refractivity contribution in [3.63, 3.8) is 0 Å². The van der Waals surface area contributed by atoms with Crippen molar-refractivity contribution < 1.29 is 4.39 Å². The van der Waals surface area contributed by atoms with E-state index in [4.69, 9.17) is 11.6 Å². The topological polar surface area (TPSA) is 12.0 Å². The van der Waals surface area contributed by atoms with Crippen LogP contribution in [0.2, 0.25) is 5.02 Å². The molecule has 1 unspecified atom stereocenters. The van der Waals surface area contributed by atoms with E-state index >= 15 is 0 Å². The monoisotopic (exact) mass is 323 g/mol. The van der Waals surface area contributed by atoms with Crippen LogP contribution in [0.3, 0.4) is 0 Å². The van der Waals surface area contributed by atoms with Gasteiger partial charge >= 0.3 is 0 Å². The van der Waals surface area contributed by atoms with Gasteiger partial charge in [0.05, 0.1) is 0 Å². The first-order valence-corrected chi connectivity index (χ1v) is 8.17. The SMILES string of the molecule is CCNC(C)c1cc(F)c(C)cc1Sc1cccc(Cl)c1. The minimum Gasteiger partial charge on any atom is -0.310 e. The lowest BCUT2D eigenvalue weighted by Crippen LogP contribution is -2.18. The summed E-state index contributed by atoms with van der Waals surface area (Å²) in [5.41, 5.74) is 1.64. The number of halogens is 2. The highest BCUT2D eigenvalue weighted by Gasteiger charge is 2.14. The Morgan fingerprint density at radius 1 is 1.29 bits per heavy atom. The fourth-order valence-electron chi connectivity index (χ4n) is 2.17. The van der Waals surface area contributed by atoms with Gasteiger partial charge in [0.2, 0.25) is 0 Å². The molecule has 0 heterocycles. The summed E-state index contributed by atoms with van der Waals surface area (Å²) >= 11 is 7.65. The predicted octanol–water partition coefficient (Wildman–Crippen LogP) is 5.61. The average Bonchev–Trinajstić information content (AvgIpc) is 2.43. The molecule has 0 saturated carbocycles. The summed E-state index contributed by atoms with van der Waals surface area (Å²) in [6.45, 7) is 6.73. The number of benzene rings is 2. The summed E-state index contributed by atoms with van der Waals surface area (Å²) in [6.07, 6.45) is 0. The summed E-state index contributed by atoms with van der Waals surface area (Å²) in [5, 5.41) is 4.05. The van der Waals surface area contributed by atoms with Gasteiger partial charge in [-0.3, -0.25) is 0 Å². The smallest absolute Gasteiger partial charge is 0.126 e. The summed E-state index contributed by atoms with van der Waals surface area (Å²) in [4.78, 5) is 2.11. The molecule has 0 aliphatic heterocycles. The lowest BCUT2D eigenvalue weighted by molar-refractivity contribution is 0.571. The summed E-state index contributed by atoms with van der Waals surface area (Å²) < 4.78 is 13.9. The van der Waals surface area contributed by atoms with Crippen LogP contribution in [0.4, 0.5) is 4.39 Å². The van der Waals surface area contributed by atoms with Gasteiger partial charge in [-0.2, -0.15) is 0 Å². The molecule has 0 aliphatic rings. The molecule has 2 aromatic rings. The van der Waals surface area contributed by atoms with E-state index in [0.717, 1.165) is 21.9 Å². The van der Waals surface area contributed by atoms with Gasteiger partial charge in [0.25, 0.3) is 0 Å². The molecule has 0 aliphatic carbocycles. The summed E-state index contributed by atoms with van der Waals surface area (Å²) in [6, 6.07) is 11.4. The lowest BCUT2D eigenvalue weighted by Gasteiger charge is -2.18. The van der Waals surface area contributed by atoms with E-state index in [-0.39, 0.29) is 11.9 Å². The third kappa shape index (κ3) is 4.22. The van der Waals surface area contributed by atoms with E-state index in [1.807, 2.05) is 37.3 Å². The van der Waals surface area contributed by atoms with Crippen molar-refractivity contribution in [2.45, 2.75) is 36.6 Å². The zero-order chi connectivity index (χ0) is 15.4. The van der Waals surface area contributed by atoms with Crippen LogP contribution in [0.1, 0.15) is 31.0 Å². The van der Waals surface area contributed by atoms with E-state index in [9.17, 15) is 4.39 Å². The molecule has 1 atom stereocenters. The Labute approximate surface area is 134 Å². The maximum Gasteiger partial charge on any atom is 0.126 e. The minimum atomic E-state index is -0.162. The summed E-state index contributed by atoms with van der Waals surface area (Å²) in [7, 11) is 0. The summed E-state index contributed by atoms with van der Waals surface area (Å²) in [5.74, 6) is -0.162. The van der Waals surface area contributed by atoms with Crippen molar-refractivity contribution in [3.05, 3.63) is 58.4 Å². The molecule has 0 fully saturated rings. The molecule has 0 radical (unpaired) electrons. The number of rotatable bonds is 5. The van der Waals surface area contributed by atoms with Gasteiger partial charge < -0.3 is 5.32 Å². The molecule has 0 amide bonds. The highest BCUT2D eigenvalue weighted by molar-refractivity contribution is 7.99. The Hall–Kier alpha value is -1.03. The second-order valence-electron chi connectivity index (χ2n) is 4.98. The first-order valence-electron chi connectivity index (χ1n) is 6.98. The molecule has 112 valence electrons. The maximum absolute atomic E-state index is 13.9. The van der Waals surface area contributed by atoms with E-state index < -0.39 is 0 Å². The van der Waals surface area contributed by atoms with E-state index in [1.165, 1.54) is 0 Å². The predicted molar refractivity (Wildman–Crippen MR) is 88.8 cm³/mol. The van der Waals surface area contributed by atoms with Crippen molar-refractivity contribution in [3.8, 4) is 0 Å². The number of nitrogens with one attached hydrogen (secondary N) is 1. The van der Waals surface area contributed by atoms with E-state index in [0.29, 0.717) is 10.6 Å². The van der Waals surface area contributed by atoms with Crippen LogP contribution in [0.25, 0.3) is 0 Å². The first kappa shape index (κ1) is 16.3. The largest absolute Gasteiger partial charge is 0.310 e. The molecule has 0 spiro atoms. The molecule has 0 bridgehead atoms. The third-order valence-electron chi connectivity index (χ3n) is 3.29. The molecule has 1 N–H and O–H groups in total. The number of aryl methyl sites for hydroxylation is 1. The van der Waals surface area contributed by atoms with Crippen LogP contribution >= 0.6 is 23.4 Å². The number of hydrogen-bond donors (Lipinski definition) is 1. The van der Waals surface area contributed by atoms with Crippen LogP contribution < -0.4 is 5.32 Å². The molecular weight excluding hydrogens is 305 g/mol. The van der Waals surface area contributed by atoms with Crippen molar-refractivity contribution in [2.75, 3.05) is 6.54 Å². The third-order valence-corrected chi connectivity index (χ3v) is 4.59. The van der Waals surface area contributed by atoms with Gasteiger partial charge in [0.15, 0.2) is 0 Å². The van der Waals surface area contributed by atoms with Gasteiger partial charge in [0, 0.05) is 20.9 Å². The van der Waals surface area contributed by atoms with Crippen LogP contribution in [-0.2, 0) is 0 Å². The quantitative estimate of drug-likeness (QED) is 0.767. The Morgan fingerprint density at radius 2 is 2.05 bits per heavy atom.